The van der Waals surface area contributed by atoms with E-state index in [2.05, 4.69) is 5.92 Å². The van der Waals surface area contributed by atoms with Gasteiger partial charge in [-0.3, -0.25) is 4.79 Å². The summed E-state index contributed by atoms with van der Waals surface area (Å²) in [6, 6.07) is 3.36. The van der Waals surface area contributed by atoms with E-state index < -0.39 is 13.1 Å². The van der Waals surface area contributed by atoms with E-state index in [9.17, 15) is 19.7 Å². The highest BCUT2D eigenvalue weighted by Gasteiger charge is 2.35. The predicted molar refractivity (Wildman–Crippen MR) is 108 cm³/mol. The molecule has 7 nitrogen and oxygen atoms in total. The maximum Gasteiger partial charge on any atom is 0.522 e. The number of hydrogen-bond donors (Lipinski definition) is 2. The van der Waals surface area contributed by atoms with Gasteiger partial charge in [0.25, 0.3) is 0 Å². The van der Waals surface area contributed by atoms with Gasteiger partial charge in [-0.15, -0.1) is 6.42 Å². The van der Waals surface area contributed by atoms with Crippen LogP contribution in [-0.2, 0) is 11.2 Å². The number of carboxylic acid groups (broad SMARTS) is 1. The number of likely N-dealkylation sites (tertiary alicyclic amines) is 1. The minimum atomic E-state index is -1.18. The monoisotopic (exact) mass is 395 g/mol. The number of benzene rings is 1. The summed E-state index contributed by atoms with van der Waals surface area (Å²) in [5.74, 6) is 1.49. The number of terminal acetylenes is 1. The molecule has 0 aromatic heterocycles. The van der Waals surface area contributed by atoms with Crippen molar-refractivity contribution < 1.29 is 29.1 Å². The quantitative estimate of drug-likeness (QED) is 0.434. The predicted octanol–water partition coefficient (Wildman–Crippen LogP) is 1.92. The summed E-state index contributed by atoms with van der Waals surface area (Å²) < 4.78 is 11.2. The molecule has 0 radical (unpaired) electrons. The second kappa shape index (κ2) is 8.88. The molecule has 0 saturated carbocycles. The minimum Gasteiger partial charge on any atom is -0.535 e. The Kier molecular flexibility index (Phi) is 6.30. The Morgan fingerprint density at radius 3 is 2.86 bits per heavy atom. The highest BCUT2D eigenvalue weighted by molar-refractivity contribution is 6.44. The number of rotatable bonds is 6. The van der Waals surface area contributed by atoms with E-state index in [1.807, 2.05) is 13.0 Å². The van der Waals surface area contributed by atoms with Crippen molar-refractivity contribution in [1.29, 1.82) is 0 Å². The fourth-order valence-corrected chi connectivity index (χ4v) is 3.31. The van der Waals surface area contributed by atoms with Crippen molar-refractivity contribution in [3.8, 4) is 23.8 Å². The fraction of sp³-hybridized carbons (Fsp3) is 0.333. The van der Waals surface area contributed by atoms with Crippen molar-refractivity contribution in [3.63, 3.8) is 0 Å². The molecule has 2 aliphatic heterocycles. The lowest BCUT2D eigenvalue weighted by Crippen LogP contribution is -2.56. The van der Waals surface area contributed by atoms with Gasteiger partial charge in [0.2, 0.25) is 5.91 Å². The number of carbonyl (C=O) groups is 2. The molecule has 0 spiro atoms. The van der Waals surface area contributed by atoms with Gasteiger partial charge in [-0.05, 0) is 42.9 Å². The number of ether oxygens (including phenoxy) is 1. The van der Waals surface area contributed by atoms with Crippen molar-refractivity contribution in [2.45, 2.75) is 32.2 Å². The standard InChI is InChI=1S/C21H22BNO6/c1-3-5-6-14(4-2)11-18(24)23-12-16(13-23)28-17-8-7-15-9-10-22(27)29-20(15)19(17)21(25)26/h1,4-8,16,27H,9-13H2,2H3,(H,25,26)/b6-5-,14-4+. The Balaban J connectivity index is 1.64. The number of aromatic carboxylic acids is 1. The van der Waals surface area contributed by atoms with E-state index in [1.54, 1.807) is 29.2 Å². The van der Waals surface area contributed by atoms with Gasteiger partial charge in [-0.25, -0.2) is 4.79 Å². The summed E-state index contributed by atoms with van der Waals surface area (Å²) in [5.41, 5.74) is 1.46. The van der Waals surface area contributed by atoms with Gasteiger partial charge in [0.1, 0.15) is 23.2 Å². The van der Waals surface area contributed by atoms with Crippen LogP contribution in [0, 0.1) is 12.3 Å². The molecular formula is C21H22BNO6. The molecule has 3 rings (SSSR count). The van der Waals surface area contributed by atoms with Gasteiger partial charge < -0.3 is 24.4 Å². The highest BCUT2D eigenvalue weighted by atomic mass is 16.5. The lowest BCUT2D eigenvalue weighted by atomic mass is 9.78. The molecule has 150 valence electrons. The number of aryl methyl sites for hydroxylation is 1. The van der Waals surface area contributed by atoms with E-state index in [-0.39, 0.29) is 35.5 Å². The van der Waals surface area contributed by atoms with E-state index in [4.69, 9.17) is 15.8 Å². The van der Waals surface area contributed by atoms with Crippen LogP contribution in [0.2, 0.25) is 6.32 Å². The van der Waals surface area contributed by atoms with Crippen molar-refractivity contribution in [1.82, 2.24) is 4.90 Å². The van der Waals surface area contributed by atoms with E-state index in [0.717, 1.165) is 11.1 Å². The summed E-state index contributed by atoms with van der Waals surface area (Å²) in [6.45, 7) is 2.58. The van der Waals surface area contributed by atoms with Crippen molar-refractivity contribution in [2.75, 3.05) is 13.1 Å². The third kappa shape index (κ3) is 4.63. The zero-order chi connectivity index (χ0) is 21.0. The first-order valence-corrected chi connectivity index (χ1v) is 9.39. The Bertz CT molecular complexity index is 910. The second-order valence-corrected chi connectivity index (χ2v) is 6.92. The maximum atomic E-state index is 12.4. The molecule has 1 amide bonds. The second-order valence-electron chi connectivity index (χ2n) is 6.92. The van der Waals surface area contributed by atoms with Crippen LogP contribution in [0.15, 0.2) is 35.9 Å². The number of hydrogen-bond acceptors (Lipinski definition) is 5. The van der Waals surface area contributed by atoms with Crippen LogP contribution >= 0.6 is 0 Å². The van der Waals surface area contributed by atoms with Gasteiger partial charge in [-0.2, -0.15) is 0 Å². The molecule has 2 heterocycles. The number of fused-ring (bicyclic) bond motifs is 1. The van der Waals surface area contributed by atoms with Crippen molar-refractivity contribution in [3.05, 3.63) is 47.1 Å². The van der Waals surface area contributed by atoms with Crippen LogP contribution in [0.4, 0.5) is 0 Å². The average molecular weight is 395 g/mol. The smallest absolute Gasteiger partial charge is 0.522 e. The summed E-state index contributed by atoms with van der Waals surface area (Å²) in [6.07, 6.45) is 11.2. The molecule has 2 N–H and O–H groups in total. The van der Waals surface area contributed by atoms with E-state index >= 15 is 0 Å². The molecule has 29 heavy (non-hydrogen) atoms. The minimum absolute atomic E-state index is 0.0463. The van der Waals surface area contributed by atoms with Crippen LogP contribution in [0.1, 0.15) is 29.3 Å². The van der Waals surface area contributed by atoms with Crippen LogP contribution < -0.4 is 9.39 Å². The molecule has 2 aliphatic rings. The normalized spacial score (nSPS) is 16.7. The molecule has 1 aromatic rings. The number of nitrogens with zero attached hydrogens (tertiary/aromatic N) is 1. The van der Waals surface area contributed by atoms with Gasteiger partial charge >= 0.3 is 13.1 Å². The Morgan fingerprint density at radius 2 is 2.21 bits per heavy atom. The number of carboxylic acids is 1. The first-order valence-electron chi connectivity index (χ1n) is 9.39. The lowest BCUT2D eigenvalue weighted by molar-refractivity contribution is -0.139. The molecule has 1 fully saturated rings. The van der Waals surface area contributed by atoms with Gasteiger partial charge in [0.15, 0.2) is 0 Å². The van der Waals surface area contributed by atoms with Crippen molar-refractivity contribution in [2.24, 2.45) is 0 Å². The average Bonchev–Trinajstić information content (AvgIpc) is 2.66. The molecule has 8 heteroatoms. The summed E-state index contributed by atoms with van der Waals surface area (Å²) >= 11 is 0. The molecule has 1 saturated heterocycles. The Hall–Kier alpha value is -3.18. The zero-order valence-electron chi connectivity index (χ0n) is 16.1. The number of carbonyl (C=O) groups excluding carboxylic acids is 1. The summed E-state index contributed by atoms with van der Waals surface area (Å²) in [4.78, 5) is 25.8. The van der Waals surface area contributed by atoms with E-state index in [1.165, 1.54) is 0 Å². The molecule has 0 aliphatic carbocycles. The highest BCUT2D eigenvalue weighted by Crippen LogP contribution is 2.37. The number of allylic oxidation sites excluding steroid dienone is 3. The van der Waals surface area contributed by atoms with Gasteiger partial charge in [-0.1, -0.05) is 24.1 Å². The first kappa shape index (κ1) is 20.6. The number of amides is 1. The van der Waals surface area contributed by atoms with E-state index in [0.29, 0.717) is 25.8 Å². The molecule has 0 bridgehead atoms. The first-order chi connectivity index (χ1) is 13.9. The van der Waals surface area contributed by atoms with Crippen LogP contribution in [0.5, 0.6) is 11.5 Å². The summed E-state index contributed by atoms with van der Waals surface area (Å²) in [7, 11) is -1.03. The van der Waals surface area contributed by atoms with Crippen LogP contribution in [-0.4, -0.2) is 53.2 Å². The molecule has 0 atom stereocenters. The third-order valence-electron chi connectivity index (χ3n) is 4.94. The Labute approximate surface area is 169 Å². The summed E-state index contributed by atoms with van der Waals surface area (Å²) in [5, 5.41) is 19.3. The fourth-order valence-electron chi connectivity index (χ4n) is 3.31. The van der Waals surface area contributed by atoms with Gasteiger partial charge in [0, 0.05) is 0 Å². The largest absolute Gasteiger partial charge is 0.535 e. The molecule has 1 aromatic carbocycles. The molecule has 0 unspecified atom stereocenters. The SMILES string of the molecule is C#C/C=C\C(=C/C)CC(=O)N1CC(Oc2ccc3c(c2C(=O)O)OB(O)CC3)C1. The third-order valence-corrected chi connectivity index (χ3v) is 4.94. The Morgan fingerprint density at radius 1 is 1.45 bits per heavy atom. The molecular weight excluding hydrogens is 373 g/mol. The lowest BCUT2D eigenvalue weighted by Gasteiger charge is -2.39. The zero-order valence-corrected chi connectivity index (χ0v) is 16.1. The van der Waals surface area contributed by atoms with Crippen molar-refractivity contribution >= 4 is 19.0 Å². The van der Waals surface area contributed by atoms with Gasteiger partial charge in [0.05, 0.1) is 19.5 Å². The topological polar surface area (TPSA) is 96.3 Å². The van der Waals surface area contributed by atoms with Crippen LogP contribution in [0.3, 0.4) is 0 Å². The van der Waals surface area contributed by atoms with Crippen LogP contribution in [0.25, 0.3) is 0 Å². The maximum absolute atomic E-state index is 12.4.